The predicted octanol–water partition coefficient (Wildman–Crippen LogP) is 2.68. The number of likely N-dealkylation sites (N-methyl/N-ethyl adjacent to an activating group) is 1. The molecule has 128 valence electrons. The van der Waals surface area contributed by atoms with Crippen LogP contribution in [0.4, 0.5) is 0 Å². The van der Waals surface area contributed by atoms with Gasteiger partial charge in [-0.05, 0) is 46.4 Å². The van der Waals surface area contributed by atoms with Crippen molar-refractivity contribution in [2.45, 2.75) is 0 Å². The van der Waals surface area contributed by atoms with Gasteiger partial charge in [0, 0.05) is 7.05 Å². The van der Waals surface area contributed by atoms with E-state index in [0.29, 0.717) is 20.7 Å². The lowest BCUT2D eigenvalue weighted by atomic mass is 10.2. The maximum absolute atomic E-state index is 12.1. The highest BCUT2D eigenvalue weighted by Crippen LogP contribution is 2.37. The molecule has 1 aromatic carbocycles. The third-order valence-corrected chi connectivity index (χ3v) is 5.38. The molecule has 0 unspecified atom stereocenters. The SMILES string of the molecule is COC(=O)COc1c(I)cc(/C=C2/SC(=S)N(C)C2=O)cc1OC. The molecule has 6 nitrogen and oxygen atoms in total. The summed E-state index contributed by atoms with van der Waals surface area (Å²) >= 11 is 8.44. The molecular formula is C15H14INO5S2. The zero-order chi connectivity index (χ0) is 17.9. The summed E-state index contributed by atoms with van der Waals surface area (Å²) < 4.78 is 16.6. The molecule has 1 amide bonds. The molecule has 1 fully saturated rings. The lowest BCUT2D eigenvalue weighted by Crippen LogP contribution is -2.22. The number of nitrogens with zero attached hydrogens (tertiary/aromatic N) is 1. The topological polar surface area (TPSA) is 65.1 Å². The van der Waals surface area contributed by atoms with Crippen molar-refractivity contribution in [3.63, 3.8) is 0 Å². The molecule has 1 aromatic rings. The Morgan fingerprint density at radius 3 is 2.67 bits per heavy atom. The third kappa shape index (κ3) is 4.19. The lowest BCUT2D eigenvalue weighted by molar-refractivity contribution is -0.143. The first-order chi connectivity index (χ1) is 11.4. The Morgan fingerprint density at radius 2 is 2.12 bits per heavy atom. The smallest absolute Gasteiger partial charge is 0.343 e. The van der Waals surface area contributed by atoms with Gasteiger partial charge < -0.3 is 14.2 Å². The van der Waals surface area contributed by atoms with Crippen molar-refractivity contribution in [1.29, 1.82) is 0 Å². The minimum absolute atomic E-state index is 0.134. The fourth-order valence-electron chi connectivity index (χ4n) is 1.85. The number of thioether (sulfide) groups is 1. The molecule has 1 heterocycles. The van der Waals surface area contributed by atoms with Gasteiger partial charge in [0.15, 0.2) is 18.1 Å². The van der Waals surface area contributed by atoms with Gasteiger partial charge in [-0.2, -0.15) is 0 Å². The van der Waals surface area contributed by atoms with Gasteiger partial charge in [-0.25, -0.2) is 4.79 Å². The van der Waals surface area contributed by atoms with Crippen LogP contribution in [0.15, 0.2) is 17.0 Å². The molecular weight excluding hydrogens is 465 g/mol. The van der Waals surface area contributed by atoms with E-state index in [1.165, 1.54) is 30.9 Å². The van der Waals surface area contributed by atoms with E-state index in [4.69, 9.17) is 21.7 Å². The van der Waals surface area contributed by atoms with Gasteiger partial charge in [0.25, 0.3) is 5.91 Å². The van der Waals surface area contributed by atoms with Crippen molar-refractivity contribution in [3.05, 3.63) is 26.2 Å². The summed E-state index contributed by atoms with van der Waals surface area (Å²) in [5.74, 6) is 0.293. The Balaban J connectivity index is 2.31. The quantitative estimate of drug-likeness (QED) is 0.279. The number of methoxy groups -OCH3 is 2. The summed E-state index contributed by atoms with van der Waals surface area (Å²) in [5, 5.41) is 0. The summed E-state index contributed by atoms with van der Waals surface area (Å²) in [5.41, 5.74) is 0.774. The first-order valence-electron chi connectivity index (χ1n) is 6.66. The Labute approximate surface area is 162 Å². The maximum Gasteiger partial charge on any atom is 0.343 e. The van der Waals surface area contributed by atoms with Crippen LogP contribution in [0.25, 0.3) is 6.08 Å². The van der Waals surface area contributed by atoms with Crippen LogP contribution in [0.1, 0.15) is 5.56 Å². The van der Waals surface area contributed by atoms with Crippen LogP contribution in [0.2, 0.25) is 0 Å². The van der Waals surface area contributed by atoms with E-state index in [2.05, 4.69) is 27.3 Å². The molecule has 1 aliphatic rings. The van der Waals surface area contributed by atoms with Crippen molar-refractivity contribution in [1.82, 2.24) is 4.90 Å². The standard InChI is InChI=1S/C15H14INO5S2/c1-17-14(19)11(24-15(17)23)6-8-4-9(16)13(10(5-8)20-2)22-7-12(18)21-3/h4-6H,7H2,1-3H3/b11-6+. The third-order valence-electron chi connectivity index (χ3n) is 3.10. The summed E-state index contributed by atoms with van der Waals surface area (Å²) in [6, 6.07) is 3.56. The zero-order valence-electron chi connectivity index (χ0n) is 13.1. The van der Waals surface area contributed by atoms with Crippen molar-refractivity contribution >= 4 is 68.8 Å². The van der Waals surface area contributed by atoms with E-state index < -0.39 is 5.97 Å². The van der Waals surface area contributed by atoms with Gasteiger partial charge in [-0.3, -0.25) is 9.69 Å². The number of benzene rings is 1. The normalized spacial score (nSPS) is 15.8. The van der Waals surface area contributed by atoms with Gasteiger partial charge in [0.2, 0.25) is 0 Å². The van der Waals surface area contributed by atoms with E-state index in [1.807, 2.05) is 6.07 Å². The molecule has 1 saturated heterocycles. The molecule has 9 heteroatoms. The van der Waals surface area contributed by atoms with E-state index >= 15 is 0 Å². The minimum atomic E-state index is -0.483. The number of hydrogen-bond donors (Lipinski definition) is 0. The number of ether oxygens (including phenoxy) is 3. The second kappa shape index (κ2) is 8.17. The predicted molar refractivity (Wildman–Crippen MR) is 104 cm³/mol. The molecule has 0 atom stereocenters. The van der Waals surface area contributed by atoms with Crippen LogP contribution in [0, 0.1) is 3.57 Å². The fourth-order valence-corrected chi connectivity index (χ4v) is 3.81. The largest absolute Gasteiger partial charge is 0.493 e. The Kier molecular flexibility index (Phi) is 6.47. The first-order valence-corrected chi connectivity index (χ1v) is 8.96. The number of amides is 1. The highest BCUT2D eigenvalue weighted by atomic mass is 127. The number of thiocarbonyl (C=S) groups is 1. The number of halogens is 1. The van der Waals surface area contributed by atoms with Crippen LogP contribution in [0.5, 0.6) is 11.5 Å². The summed E-state index contributed by atoms with van der Waals surface area (Å²) in [7, 11) is 4.44. The molecule has 0 aromatic heterocycles. The van der Waals surface area contributed by atoms with Crippen LogP contribution < -0.4 is 9.47 Å². The highest BCUT2D eigenvalue weighted by molar-refractivity contribution is 14.1. The first kappa shape index (κ1) is 19.0. The number of rotatable bonds is 5. The van der Waals surface area contributed by atoms with Gasteiger partial charge in [-0.1, -0.05) is 24.0 Å². The molecule has 2 rings (SSSR count). The number of esters is 1. The molecule has 0 saturated carbocycles. The molecule has 0 bridgehead atoms. The van der Waals surface area contributed by atoms with Crippen LogP contribution in [-0.2, 0) is 14.3 Å². The fraction of sp³-hybridized carbons (Fsp3) is 0.267. The average molecular weight is 479 g/mol. The number of hydrogen-bond acceptors (Lipinski definition) is 7. The Morgan fingerprint density at radius 1 is 1.42 bits per heavy atom. The lowest BCUT2D eigenvalue weighted by Gasteiger charge is -2.13. The molecule has 1 aliphatic heterocycles. The molecule has 0 spiro atoms. The second-order valence-electron chi connectivity index (χ2n) is 4.64. The van der Waals surface area contributed by atoms with Crippen molar-refractivity contribution in [3.8, 4) is 11.5 Å². The zero-order valence-corrected chi connectivity index (χ0v) is 16.9. The van der Waals surface area contributed by atoms with Gasteiger partial charge >= 0.3 is 5.97 Å². The molecule has 0 radical (unpaired) electrons. The van der Waals surface area contributed by atoms with Crippen LogP contribution in [0.3, 0.4) is 0 Å². The Hall–Kier alpha value is -1.33. The highest BCUT2D eigenvalue weighted by Gasteiger charge is 2.28. The number of carbonyl (C=O) groups is 2. The van der Waals surface area contributed by atoms with Crippen LogP contribution in [-0.4, -0.2) is 49.0 Å². The monoisotopic (exact) mass is 479 g/mol. The van der Waals surface area contributed by atoms with Crippen molar-refractivity contribution in [2.75, 3.05) is 27.9 Å². The molecule has 0 aliphatic carbocycles. The average Bonchev–Trinajstić information content (AvgIpc) is 2.80. The van der Waals surface area contributed by atoms with Gasteiger partial charge in [0.05, 0.1) is 22.7 Å². The minimum Gasteiger partial charge on any atom is -0.493 e. The van der Waals surface area contributed by atoms with E-state index in [0.717, 1.165) is 9.13 Å². The van der Waals surface area contributed by atoms with Gasteiger partial charge in [-0.15, -0.1) is 0 Å². The number of carbonyl (C=O) groups excluding carboxylic acids is 2. The van der Waals surface area contributed by atoms with Crippen molar-refractivity contribution < 1.29 is 23.8 Å². The second-order valence-corrected chi connectivity index (χ2v) is 7.48. The van der Waals surface area contributed by atoms with Crippen LogP contribution >= 0.6 is 46.6 Å². The van der Waals surface area contributed by atoms with Gasteiger partial charge in [0.1, 0.15) is 4.32 Å². The molecule has 24 heavy (non-hydrogen) atoms. The summed E-state index contributed by atoms with van der Waals surface area (Å²) in [6.07, 6.45) is 1.75. The van der Waals surface area contributed by atoms with E-state index in [9.17, 15) is 9.59 Å². The summed E-state index contributed by atoms with van der Waals surface area (Å²) in [4.78, 5) is 25.3. The summed E-state index contributed by atoms with van der Waals surface area (Å²) in [6.45, 7) is -0.212. The molecule has 0 N–H and O–H groups in total. The van der Waals surface area contributed by atoms with E-state index in [1.54, 1.807) is 19.2 Å². The van der Waals surface area contributed by atoms with E-state index in [-0.39, 0.29) is 12.5 Å². The Bertz CT molecular complexity index is 735. The van der Waals surface area contributed by atoms with Crippen molar-refractivity contribution in [2.24, 2.45) is 0 Å². The maximum atomic E-state index is 12.1.